The first-order chi connectivity index (χ1) is 6.25. The highest BCUT2D eigenvalue weighted by Crippen LogP contribution is 2.32. The molecule has 3 heteroatoms. The van der Waals surface area contributed by atoms with E-state index in [1.54, 1.807) is 6.26 Å². The normalized spacial score (nSPS) is 34.2. The predicted molar refractivity (Wildman–Crippen MR) is 56.0 cm³/mol. The summed E-state index contributed by atoms with van der Waals surface area (Å²) >= 11 is 0. The zero-order valence-electron chi connectivity index (χ0n) is 8.41. The van der Waals surface area contributed by atoms with Gasteiger partial charge in [0.1, 0.15) is 6.61 Å². The van der Waals surface area contributed by atoms with E-state index in [1.807, 2.05) is 13.0 Å². The fourth-order valence-electron chi connectivity index (χ4n) is 1.73. The van der Waals surface area contributed by atoms with E-state index in [-0.39, 0.29) is 4.75 Å². The maximum absolute atomic E-state index is 11.7. The van der Waals surface area contributed by atoms with Crippen LogP contribution in [0.4, 0.5) is 0 Å². The highest BCUT2D eigenvalue weighted by molar-refractivity contribution is 7.86. The third kappa shape index (κ3) is 2.33. The molecule has 1 saturated heterocycles. The molecule has 0 radical (unpaired) electrons. The minimum Gasteiger partial charge on any atom is -0.500 e. The van der Waals surface area contributed by atoms with Crippen molar-refractivity contribution in [2.24, 2.45) is 0 Å². The lowest BCUT2D eigenvalue weighted by atomic mass is 10.0. The number of ether oxygens (including phenoxy) is 1. The number of rotatable bonds is 4. The van der Waals surface area contributed by atoms with Crippen LogP contribution in [-0.4, -0.2) is 21.3 Å². The molecule has 76 valence electrons. The molecule has 1 aliphatic heterocycles. The highest BCUT2D eigenvalue weighted by atomic mass is 32.2. The molecular weight excluding hydrogens is 184 g/mol. The smallest absolute Gasteiger partial charge is 0.104 e. The lowest BCUT2D eigenvalue weighted by Gasteiger charge is -2.24. The highest BCUT2D eigenvalue weighted by Gasteiger charge is 2.39. The van der Waals surface area contributed by atoms with Crippen molar-refractivity contribution in [2.75, 3.05) is 12.4 Å². The summed E-state index contributed by atoms with van der Waals surface area (Å²) < 4.78 is 17.0. The molecule has 0 aromatic heterocycles. The summed E-state index contributed by atoms with van der Waals surface area (Å²) in [4.78, 5) is 0. The molecule has 0 saturated carbocycles. The van der Waals surface area contributed by atoms with Crippen molar-refractivity contribution in [3.63, 3.8) is 0 Å². The lowest BCUT2D eigenvalue weighted by molar-refractivity contribution is 0.204. The molecule has 1 fully saturated rings. The second-order valence-electron chi connectivity index (χ2n) is 3.47. The molecule has 1 heterocycles. The summed E-state index contributed by atoms with van der Waals surface area (Å²) in [5, 5.41) is 0. The molecule has 0 aromatic carbocycles. The first-order valence-electron chi connectivity index (χ1n) is 4.86. The average molecular weight is 202 g/mol. The van der Waals surface area contributed by atoms with Gasteiger partial charge in [0.15, 0.2) is 0 Å². The molecular formula is C10H18O2S. The van der Waals surface area contributed by atoms with Crippen molar-refractivity contribution < 1.29 is 8.95 Å². The van der Waals surface area contributed by atoms with E-state index in [9.17, 15) is 4.21 Å². The van der Waals surface area contributed by atoms with Crippen LogP contribution in [-0.2, 0) is 15.5 Å². The van der Waals surface area contributed by atoms with Crippen LogP contribution in [0.2, 0.25) is 0 Å². The fraction of sp³-hybridized carbons (Fsp3) is 0.800. The van der Waals surface area contributed by atoms with Crippen LogP contribution in [0, 0.1) is 0 Å². The summed E-state index contributed by atoms with van der Waals surface area (Å²) in [7, 11) is -0.682. The summed E-state index contributed by atoms with van der Waals surface area (Å²) in [5.41, 5.74) is 0. The Bertz CT molecular complexity index is 213. The summed E-state index contributed by atoms with van der Waals surface area (Å²) in [6.07, 6.45) is 6.64. The van der Waals surface area contributed by atoms with Crippen LogP contribution in [0.1, 0.15) is 33.1 Å². The molecule has 0 amide bonds. The molecule has 2 unspecified atom stereocenters. The maximum Gasteiger partial charge on any atom is 0.104 e. The van der Waals surface area contributed by atoms with Crippen molar-refractivity contribution in [1.29, 1.82) is 0 Å². The Hall–Kier alpha value is -0.310. The van der Waals surface area contributed by atoms with Gasteiger partial charge < -0.3 is 4.74 Å². The molecule has 0 bridgehead atoms. The quantitative estimate of drug-likeness (QED) is 0.653. The molecule has 1 rings (SSSR count). The van der Waals surface area contributed by atoms with Crippen LogP contribution in [0.3, 0.4) is 0 Å². The van der Waals surface area contributed by atoms with E-state index in [0.717, 1.165) is 25.0 Å². The van der Waals surface area contributed by atoms with Gasteiger partial charge in [-0.1, -0.05) is 13.0 Å². The van der Waals surface area contributed by atoms with Gasteiger partial charge in [-0.25, -0.2) is 0 Å². The van der Waals surface area contributed by atoms with Gasteiger partial charge in [-0.3, -0.25) is 4.21 Å². The van der Waals surface area contributed by atoms with Crippen molar-refractivity contribution in [2.45, 2.75) is 37.9 Å². The van der Waals surface area contributed by atoms with E-state index in [2.05, 4.69) is 6.92 Å². The molecule has 0 aromatic rings. The third-order valence-electron chi connectivity index (χ3n) is 2.67. The number of hydrogen-bond donors (Lipinski definition) is 0. The summed E-state index contributed by atoms with van der Waals surface area (Å²) in [5.74, 6) is 0.854. The minimum atomic E-state index is -0.682. The average Bonchev–Trinajstić information content (AvgIpc) is 2.49. The van der Waals surface area contributed by atoms with Gasteiger partial charge in [-0.15, -0.1) is 0 Å². The number of hydrogen-bond acceptors (Lipinski definition) is 2. The minimum absolute atomic E-state index is 0.0560. The Morgan fingerprint density at radius 1 is 1.62 bits per heavy atom. The van der Waals surface area contributed by atoms with Gasteiger partial charge >= 0.3 is 0 Å². The van der Waals surface area contributed by atoms with E-state index >= 15 is 0 Å². The Balaban J connectivity index is 2.53. The van der Waals surface area contributed by atoms with Gasteiger partial charge in [0.2, 0.25) is 0 Å². The first kappa shape index (κ1) is 10.8. The van der Waals surface area contributed by atoms with Gasteiger partial charge in [0.25, 0.3) is 0 Å². The predicted octanol–water partition coefficient (Wildman–Crippen LogP) is 2.23. The fourth-order valence-corrected chi connectivity index (χ4v) is 3.46. The van der Waals surface area contributed by atoms with Crippen LogP contribution < -0.4 is 0 Å². The SMILES string of the molecule is C/C=C/OCC1(CC)CCCS1=O. The van der Waals surface area contributed by atoms with E-state index < -0.39 is 10.8 Å². The Labute approximate surface area is 82.8 Å². The van der Waals surface area contributed by atoms with Crippen molar-refractivity contribution >= 4 is 10.8 Å². The Morgan fingerprint density at radius 2 is 2.38 bits per heavy atom. The Morgan fingerprint density at radius 3 is 2.85 bits per heavy atom. The lowest BCUT2D eigenvalue weighted by Crippen LogP contribution is -2.34. The van der Waals surface area contributed by atoms with Crippen LogP contribution in [0.5, 0.6) is 0 Å². The van der Waals surface area contributed by atoms with E-state index in [4.69, 9.17) is 4.74 Å². The van der Waals surface area contributed by atoms with E-state index in [1.165, 1.54) is 0 Å². The van der Waals surface area contributed by atoms with Gasteiger partial charge in [-0.05, 0) is 26.2 Å². The van der Waals surface area contributed by atoms with Crippen LogP contribution in [0.15, 0.2) is 12.3 Å². The number of allylic oxidation sites excluding steroid dienone is 1. The third-order valence-corrected chi connectivity index (χ3v) is 4.90. The van der Waals surface area contributed by atoms with Gasteiger partial charge in [0.05, 0.1) is 11.0 Å². The first-order valence-corrected chi connectivity index (χ1v) is 6.18. The molecule has 2 nitrogen and oxygen atoms in total. The van der Waals surface area contributed by atoms with Crippen molar-refractivity contribution in [3.8, 4) is 0 Å². The van der Waals surface area contributed by atoms with Crippen LogP contribution in [0.25, 0.3) is 0 Å². The van der Waals surface area contributed by atoms with E-state index in [0.29, 0.717) is 6.61 Å². The molecule has 0 N–H and O–H groups in total. The summed E-state index contributed by atoms with van der Waals surface area (Å²) in [6, 6.07) is 0. The second-order valence-corrected chi connectivity index (χ2v) is 5.44. The monoisotopic (exact) mass is 202 g/mol. The van der Waals surface area contributed by atoms with Crippen molar-refractivity contribution in [1.82, 2.24) is 0 Å². The second kappa shape index (κ2) is 4.80. The largest absolute Gasteiger partial charge is 0.500 e. The van der Waals surface area contributed by atoms with Crippen molar-refractivity contribution in [3.05, 3.63) is 12.3 Å². The Kier molecular flexibility index (Phi) is 3.97. The zero-order chi connectivity index (χ0) is 9.73. The van der Waals surface area contributed by atoms with Gasteiger partial charge in [0, 0.05) is 16.6 Å². The molecule has 0 aliphatic carbocycles. The maximum atomic E-state index is 11.7. The standard InChI is InChI=1S/C10H18O2S/c1-3-7-12-9-10(4-2)6-5-8-13(10)11/h3,7H,4-6,8-9H2,1-2H3/b7-3+. The van der Waals surface area contributed by atoms with Gasteiger partial charge in [-0.2, -0.15) is 0 Å². The molecule has 1 aliphatic rings. The molecule has 13 heavy (non-hydrogen) atoms. The van der Waals surface area contributed by atoms with Crippen LogP contribution >= 0.6 is 0 Å². The molecule has 0 spiro atoms. The summed E-state index contributed by atoms with van der Waals surface area (Å²) in [6.45, 7) is 4.63. The molecule has 2 atom stereocenters. The zero-order valence-corrected chi connectivity index (χ0v) is 9.23. The topological polar surface area (TPSA) is 26.3 Å².